The lowest BCUT2D eigenvalue weighted by Crippen LogP contribution is -2.65. The van der Waals surface area contributed by atoms with Crippen molar-refractivity contribution in [3.63, 3.8) is 0 Å². The molecular formula is C20H26N6O2. The van der Waals surface area contributed by atoms with Gasteiger partial charge < -0.3 is 15.2 Å². The Morgan fingerprint density at radius 1 is 1.29 bits per heavy atom. The highest BCUT2D eigenvalue weighted by Gasteiger charge is 2.42. The van der Waals surface area contributed by atoms with Crippen molar-refractivity contribution in [2.75, 3.05) is 31.7 Å². The Kier molecular flexibility index (Phi) is 5.25. The Morgan fingerprint density at radius 3 is 2.89 bits per heavy atom. The van der Waals surface area contributed by atoms with Crippen LogP contribution in [0.4, 0.5) is 5.82 Å². The number of anilines is 1. The van der Waals surface area contributed by atoms with Crippen LogP contribution < -0.4 is 5.32 Å². The number of hydrogen-bond donors (Lipinski definition) is 2. The molecule has 0 spiro atoms. The Hall–Kier alpha value is -2.55. The van der Waals surface area contributed by atoms with E-state index in [0.717, 1.165) is 17.6 Å². The monoisotopic (exact) mass is 382 g/mol. The van der Waals surface area contributed by atoms with Crippen LogP contribution in [0.5, 0.6) is 0 Å². The zero-order chi connectivity index (χ0) is 19.6. The highest BCUT2D eigenvalue weighted by atomic mass is 16.5. The van der Waals surface area contributed by atoms with Gasteiger partial charge in [0.05, 0.1) is 31.6 Å². The van der Waals surface area contributed by atoms with Gasteiger partial charge in [0.25, 0.3) is 0 Å². The van der Waals surface area contributed by atoms with Gasteiger partial charge in [0.2, 0.25) is 0 Å². The minimum Gasteiger partial charge on any atom is -0.394 e. The Morgan fingerprint density at radius 2 is 2.11 bits per heavy atom. The highest BCUT2D eigenvalue weighted by Crippen LogP contribution is 2.28. The van der Waals surface area contributed by atoms with Crippen LogP contribution in [0.15, 0.2) is 42.9 Å². The number of morpholine rings is 1. The van der Waals surface area contributed by atoms with Crippen LogP contribution in [0, 0.1) is 0 Å². The fourth-order valence-corrected chi connectivity index (χ4v) is 3.89. The van der Waals surface area contributed by atoms with Gasteiger partial charge in [-0.25, -0.2) is 9.97 Å². The van der Waals surface area contributed by atoms with E-state index in [-0.39, 0.29) is 12.6 Å². The summed E-state index contributed by atoms with van der Waals surface area (Å²) < 4.78 is 7.60. The van der Waals surface area contributed by atoms with E-state index in [0.29, 0.717) is 25.6 Å². The summed E-state index contributed by atoms with van der Waals surface area (Å²) in [6.07, 6.45) is 3.25. The molecule has 0 unspecified atom stereocenters. The van der Waals surface area contributed by atoms with Crippen molar-refractivity contribution in [3.05, 3.63) is 48.4 Å². The van der Waals surface area contributed by atoms with Crippen LogP contribution in [0.2, 0.25) is 0 Å². The van der Waals surface area contributed by atoms with Crippen LogP contribution in [0.1, 0.15) is 12.5 Å². The van der Waals surface area contributed by atoms with Gasteiger partial charge in [-0.05, 0) is 12.5 Å². The predicted molar refractivity (Wildman–Crippen MR) is 107 cm³/mol. The summed E-state index contributed by atoms with van der Waals surface area (Å²) in [5.41, 5.74) is 2.29. The van der Waals surface area contributed by atoms with Crippen molar-refractivity contribution < 1.29 is 9.84 Å². The summed E-state index contributed by atoms with van der Waals surface area (Å²) in [7, 11) is 1.87. The fourth-order valence-electron chi connectivity index (χ4n) is 3.89. The second-order valence-electron chi connectivity index (χ2n) is 7.44. The van der Waals surface area contributed by atoms with Crippen molar-refractivity contribution in [2.45, 2.75) is 25.0 Å². The van der Waals surface area contributed by atoms with Crippen molar-refractivity contribution in [1.29, 1.82) is 0 Å². The minimum absolute atomic E-state index is 0.0171. The number of aryl methyl sites for hydroxylation is 1. The summed E-state index contributed by atoms with van der Waals surface area (Å²) in [6.45, 7) is 4.46. The molecule has 2 aromatic heterocycles. The van der Waals surface area contributed by atoms with E-state index in [9.17, 15) is 5.11 Å². The number of nitrogens with zero attached hydrogens (tertiary/aromatic N) is 5. The SMILES string of the molecule is C[C@@H]1COC[C@@](CO)(CNc2ncnc3cnn(C)c23)N1Cc1ccccc1. The van der Waals surface area contributed by atoms with Crippen molar-refractivity contribution in [2.24, 2.45) is 7.05 Å². The summed E-state index contributed by atoms with van der Waals surface area (Å²) in [5.74, 6) is 0.704. The molecule has 1 aromatic carbocycles. The van der Waals surface area contributed by atoms with E-state index in [4.69, 9.17) is 4.74 Å². The molecule has 0 aliphatic carbocycles. The largest absolute Gasteiger partial charge is 0.394 e. The number of aromatic nitrogens is 4. The van der Waals surface area contributed by atoms with Gasteiger partial charge >= 0.3 is 0 Å². The number of ether oxygens (including phenoxy) is 1. The Balaban J connectivity index is 1.60. The number of fused-ring (bicyclic) bond motifs is 1. The number of rotatable bonds is 6. The smallest absolute Gasteiger partial charge is 0.155 e. The maximum atomic E-state index is 10.4. The van der Waals surface area contributed by atoms with E-state index in [1.165, 1.54) is 11.9 Å². The first-order valence-corrected chi connectivity index (χ1v) is 9.49. The number of aliphatic hydroxyl groups excluding tert-OH is 1. The third-order valence-electron chi connectivity index (χ3n) is 5.47. The van der Waals surface area contributed by atoms with Crippen LogP contribution in [0.25, 0.3) is 11.0 Å². The van der Waals surface area contributed by atoms with E-state index < -0.39 is 5.54 Å². The maximum Gasteiger partial charge on any atom is 0.155 e. The van der Waals surface area contributed by atoms with Crippen molar-refractivity contribution in [1.82, 2.24) is 24.6 Å². The zero-order valence-electron chi connectivity index (χ0n) is 16.2. The van der Waals surface area contributed by atoms with E-state index in [2.05, 4.69) is 44.3 Å². The topological polar surface area (TPSA) is 88.3 Å². The highest BCUT2D eigenvalue weighted by molar-refractivity contribution is 5.84. The van der Waals surface area contributed by atoms with Crippen LogP contribution in [-0.4, -0.2) is 67.7 Å². The normalized spacial score (nSPS) is 23.2. The molecular weight excluding hydrogens is 356 g/mol. The van der Waals surface area contributed by atoms with E-state index in [1.807, 2.05) is 25.2 Å². The minimum atomic E-state index is -0.552. The van der Waals surface area contributed by atoms with Gasteiger partial charge in [-0.15, -0.1) is 0 Å². The molecule has 2 atom stereocenters. The summed E-state index contributed by atoms with van der Waals surface area (Å²) in [4.78, 5) is 11.0. The maximum absolute atomic E-state index is 10.4. The number of hydrogen-bond acceptors (Lipinski definition) is 7. The molecule has 1 saturated heterocycles. The summed E-state index contributed by atoms with van der Waals surface area (Å²) >= 11 is 0. The summed E-state index contributed by atoms with van der Waals surface area (Å²) in [6, 6.07) is 10.5. The molecule has 28 heavy (non-hydrogen) atoms. The molecule has 8 heteroatoms. The first-order valence-electron chi connectivity index (χ1n) is 9.49. The van der Waals surface area contributed by atoms with Gasteiger partial charge in [0.15, 0.2) is 5.82 Å². The molecule has 0 radical (unpaired) electrons. The molecule has 0 amide bonds. The second-order valence-corrected chi connectivity index (χ2v) is 7.44. The lowest BCUT2D eigenvalue weighted by atomic mass is 9.94. The average Bonchev–Trinajstić information content (AvgIpc) is 3.11. The first kappa shape index (κ1) is 18.8. The fraction of sp³-hybridized carbons (Fsp3) is 0.450. The zero-order valence-corrected chi connectivity index (χ0v) is 16.2. The lowest BCUT2D eigenvalue weighted by molar-refractivity contribution is -0.117. The standard InChI is InChI=1S/C20H26N6O2/c1-15-10-28-13-20(12-27,26(15)9-16-6-4-3-5-7-16)11-21-19-18-17(22-14-23-19)8-24-25(18)2/h3-8,14-15,27H,9-13H2,1-2H3,(H,21,22,23)/t15-,20+/m1/s1. The van der Waals surface area contributed by atoms with Gasteiger partial charge in [0, 0.05) is 26.2 Å². The molecule has 0 saturated carbocycles. The number of nitrogens with one attached hydrogen (secondary N) is 1. The lowest BCUT2D eigenvalue weighted by Gasteiger charge is -2.49. The molecule has 148 valence electrons. The van der Waals surface area contributed by atoms with Gasteiger partial charge in [0.1, 0.15) is 17.4 Å². The van der Waals surface area contributed by atoms with Crippen LogP contribution in [0.3, 0.4) is 0 Å². The van der Waals surface area contributed by atoms with E-state index in [1.54, 1.807) is 10.9 Å². The molecule has 3 aromatic rings. The second kappa shape index (κ2) is 7.83. The molecule has 1 aliphatic heterocycles. The molecule has 1 fully saturated rings. The quantitative estimate of drug-likeness (QED) is 0.667. The van der Waals surface area contributed by atoms with Gasteiger partial charge in [-0.2, -0.15) is 5.10 Å². The Labute approximate surface area is 164 Å². The molecule has 8 nitrogen and oxygen atoms in total. The predicted octanol–water partition coefficient (Wildman–Crippen LogP) is 1.43. The van der Waals surface area contributed by atoms with Gasteiger partial charge in [-0.3, -0.25) is 9.58 Å². The molecule has 1 aliphatic rings. The third kappa shape index (κ3) is 3.46. The summed E-state index contributed by atoms with van der Waals surface area (Å²) in [5, 5.41) is 18.1. The van der Waals surface area contributed by atoms with E-state index >= 15 is 0 Å². The van der Waals surface area contributed by atoms with Gasteiger partial charge in [-0.1, -0.05) is 30.3 Å². The van der Waals surface area contributed by atoms with Crippen LogP contribution >= 0.6 is 0 Å². The Bertz CT molecular complexity index is 931. The molecule has 4 rings (SSSR count). The number of benzene rings is 1. The molecule has 0 bridgehead atoms. The average molecular weight is 382 g/mol. The van der Waals surface area contributed by atoms with Crippen molar-refractivity contribution in [3.8, 4) is 0 Å². The molecule has 2 N–H and O–H groups in total. The number of aliphatic hydroxyl groups is 1. The first-order chi connectivity index (χ1) is 13.6. The van der Waals surface area contributed by atoms with Crippen molar-refractivity contribution >= 4 is 16.9 Å². The molecule has 3 heterocycles. The third-order valence-corrected chi connectivity index (χ3v) is 5.47. The van der Waals surface area contributed by atoms with Crippen LogP contribution in [-0.2, 0) is 18.3 Å².